The molecule has 1 saturated heterocycles. The molecule has 1 aromatic carbocycles. The summed E-state index contributed by atoms with van der Waals surface area (Å²) in [5, 5.41) is 3.60. The van der Waals surface area contributed by atoms with Crippen LogP contribution in [0, 0.1) is 5.92 Å². The van der Waals surface area contributed by atoms with Gasteiger partial charge in [0.25, 0.3) is 0 Å². The Morgan fingerprint density at radius 1 is 1.26 bits per heavy atom. The molecule has 3 N–H and O–H groups in total. The van der Waals surface area contributed by atoms with Gasteiger partial charge in [-0.25, -0.2) is 0 Å². The van der Waals surface area contributed by atoms with E-state index >= 15 is 0 Å². The number of nitrogens with zero attached hydrogens (tertiary/aromatic N) is 1. The number of carbonyl (C=O) groups is 2. The SMILES string of the molecule is CC(=O)N1C[C@@H](N)CC[C@@H](C(=O)NCc2ccc(Cl)cc2)C1.Cl. The van der Waals surface area contributed by atoms with Crippen LogP contribution in [-0.2, 0) is 16.1 Å². The fourth-order valence-electron chi connectivity index (χ4n) is 2.63. The minimum atomic E-state index is -0.204. The number of hydrogen-bond donors (Lipinski definition) is 2. The van der Waals surface area contributed by atoms with Crippen LogP contribution < -0.4 is 11.1 Å². The molecule has 2 rings (SSSR count). The van der Waals surface area contributed by atoms with E-state index < -0.39 is 0 Å². The van der Waals surface area contributed by atoms with E-state index in [9.17, 15) is 9.59 Å². The molecule has 1 fully saturated rings. The molecule has 1 aromatic rings. The molecule has 0 aromatic heterocycles. The smallest absolute Gasteiger partial charge is 0.225 e. The molecule has 0 radical (unpaired) electrons. The standard InChI is InChI=1S/C16H22ClN3O2.ClH/c1-11(21)20-9-13(4-7-15(18)10-20)16(22)19-8-12-2-5-14(17)6-3-12;/h2-3,5-6,13,15H,4,7-10,18H2,1H3,(H,19,22);1H/t13-,15+;/m1./s1. The average Bonchev–Trinajstić information content (AvgIpc) is 2.68. The Labute approximate surface area is 148 Å². The van der Waals surface area contributed by atoms with Crippen molar-refractivity contribution in [1.82, 2.24) is 10.2 Å². The normalized spacial score (nSPS) is 21.1. The summed E-state index contributed by atoms with van der Waals surface area (Å²) in [4.78, 5) is 25.6. The molecular formula is C16H23Cl2N3O2. The van der Waals surface area contributed by atoms with Crippen molar-refractivity contribution >= 4 is 35.8 Å². The first kappa shape index (κ1) is 19.7. The van der Waals surface area contributed by atoms with Gasteiger partial charge in [0.2, 0.25) is 11.8 Å². The number of likely N-dealkylation sites (tertiary alicyclic amines) is 1. The van der Waals surface area contributed by atoms with Crippen LogP contribution in [0.1, 0.15) is 25.3 Å². The highest BCUT2D eigenvalue weighted by Gasteiger charge is 2.28. The van der Waals surface area contributed by atoms with Gasteiger partial charge in [0, 0.05) is 37.6 Å². The summed E-state index contributed by atoms with van der Waals surface area (Å²) in [5.41, 5.74) is 6.96. The van der Waals surface area contributed by atoms with Crippen molar-refractivity contribution in [2.24, 2.45) is 11.7 Å². The van der Waals surface area contributed by atoms with Crippen LogP contribution in [-0.4, -0.2) is 35.8 Å². The zero-order chi connectivity index (χ0) is 16.1. The first-order chi connectivity index (χ1) is 10.5. The topological polar surface area (TPSA) is 75.4 Å². The van der Waals surface area contributed by atoms with Crippen LogP contribution in [0.5, 0.6) is 0 Å². The Morgan fingerprint density at radius 2 is 1.91 bits per heavy atom. The van der Waals surface area contributed by atoms with Gasteiger partial charge < -0.3 is 16.0 Å². The lowest BCUT2D eigenvalue weighted by Crippen LogP contribution is -2.42. The minimum absolute atomic E-state index is 0. The highest BCUT2D eigenvalue weighted by molar-refractivity contribution is 6.30. The molecule has 1 aliphatic heterocycles. The third kappa shape index (κ3) is 6.01. The van der Waals surface area contributed by atoms with E-state index in [2.05, 4.69) is 5.32 Å². The van der Waals surface area contributed by atoms with Gasteiger partial charge in [0.15, 0.2) is 0 Å². The Morgan fingerprint density at radius 3 is 2.52 bits per heavy atom. The second kappa shape index (κ2) is 9.11. The zero-order valence-electron chi connectivity index (χ0n) is 13.1. The Kier molecular flexibility index (Phi) is 7.82. The lowest BCUT2D eigenvalue weighted by molar-refractivity contribution is -0.131. The lowest BCUT2D eigenvalue weighted by Gasteiger charge is -2.23. The summed E-state index contributed by atoms with van der Waals surface area (Å²) in [6.07, 6.45) is 1.46. The summed E-state index contributed by atoms with van der Waals surface area (Å²) in [6.45, 7) is 2.94. The molecule has 0 bridgehead atoms. The second-order valence-corrected chi connectivity index (χ2v) is 6.24. The maximum atomic E-state index is 12.4. The average molecular weight is 360 g/mol. The number of halogens is 2. The summed E-state index contributed by atoms with van der Waals surface area (Å²) in [5.74, 6) is -0.270. The molecule has 0 aliphatic carbocycles. The Balaban J connectivity index is 0.00000264. The Hall–Kier alpha value is -1.30. The first-order valence-electron chi connectivity index (χ1n) is 7.49. The van der Waals surface area contributed by atoms with Crippen LogP contribution in [0.3, 0.4) is 0 Å². The van der Waals surface area contributed by atoms with Crippen LogP contribution in [0.2, 0.25) is 5.02 Å². The van der Waals surface area contributed by atoms with E-state index in [1.54, 1.807) is 17.0 Å². The van der Waals surface area contributed by atoms with Crippen molar-refractivity contribution in [1.29, 1.82) is 0 Å². The quantitative estimate of drug-likeness (QED) is 0.865. The van der Waals surface area contributed by atoms with E-state index in [0.29, 0.717) is 31.1 Å². The second-order valence-electron chi connectivity index (χ2n) is 5.80. The largest absolute Gasteiger partial charge is 0.352 e. The van der Waals surface area contributed by atoms with Gasteiger partial charge in [-0.15, -0.1) is 12.4 Å². The molecule has 5 nitrogen and oxygen atoms in total. The van der Waals surface area contributed by atoms with Gasteiger partial charge in [0.05, 0.1) is 5.92 Å². The first-order valence-corrected chi connectivity index (χ1v) is 7.86. The number of nitrogens with two attached hydrogens (primary N) is 1. The molecule has 128 valence electrons. The van der Waals surface area contributed by atoms with E-state index in [0.717, 1.165) is 12.0 Å². The van der Waals surface area contributed by atoms with E-state index in [1.807, 2.05) is 12.1 Å². The van der Waals surface area contributed by atoms with Crippen molar-refractivity contribution in [3.05, 3.63) is 34.9 Å². The maximum absolute atomic E-state index is 12.4. The van der Waals surface area contributed by atoms with Gasteiger partial charge in [-0.05, 0) is 30.5 Å². The van der Waals surface area contributed by atoms with Crippen LogP contribution in [0.15, 0.2) is 24.3 Å². The monoisotopic (exact) mass is 359 g/mol. The number of amides is 2. The van der Waals surface area contributed by atoms with Crippen molar-refractivity contribution < 1.29 is 9.59 Å². The molecular weight excluding hydrogens is 337 g/mol. The van der Waals surface area contributed by atoms with Crippen molar-refractivity contribution in [2.75, 3.05) is 13.1 Å². The number of hydrogen-bond acceptors (Lipinski definition) is 3. The molecule has 1 heterocycles. The van der Waals surface area contributed by atoms with Crippen molar-refractivity contribution in [3.8, 4) is 0 Å². The van der Waals surface area contributed by atoms with Crippen molar-refractivity contribution in [3.63, 3.8) is 0 Å². The number of rotatable bonds is 3. The third-order valence-corrected chi connectivity index (χ3v) is 4.23. The third-order valence-electron chi connectivity index (χ3n) is 3.98. The number of carbonyl (C=O) groups excluding carboxylic acids is 2. The van der Waals surface area contributed by atoms with Gasteiger partial charge >= 0.3 is 0 Å². The van der Waals surface area contributed by atoms with Gasteiger partial charge in [-0.3, -0.25) is 9.59 Å². The molecule has 0 unspecified atom stereocenters. The van der Waals surface area contributed by atoms with Crippen LogP contribution >= 0.6 is 24.0 Å². The highest BCUT2D eigenvalue weighted by atomic mass is 35.5. The van der Waals surface area contributed by atoms with Crippen molar-refractivity contribution in [2.45, 2.75) is 32.4 Å². The predicted octanol–water partition coefficient (Wildman–Crippen LogP) is 1.96. The molecule has 1 aliphatic rings. The summed E-state index contributed by atoms with van der Waals surface area (Å²) < 4.78 is 0. The number of benzene rings is 1. The zero-order valence-corrected chi connectivity index (χ0v) is 14.7. The molecule has 0 spiro atoms. The molecule has 2 amide bonds. The lowest BCUT2D eigenvalue weighted by atomic mass is 10.0. The maximum Gasteiger partial charge on any atom is 0.225 e. The number of nitrogens with one attached hydrogen (secondary N) is 1. The molecule has 0 saturated carbocycles. The van der Waals surface area contributed by atoms with Gasteiger partial charge in [-0.1, -0.05) is 23.7 Å². The minimum Gasteiger partial charge on any atom is -0.352 e. The fourth-order valence-corrected chi connectivity index (χ4v) is 2.75. The van der Waals surface area contributed by atoms with E-state index in [-0.39, 0.29) is 36.2 Å². The summed E-state index contributed by atoms with van der Waals surface area (Å²) in [7, 11) is 0. The molecule has 7 heteroatoms. The molecule has 2 atom stereocenters. The predicted molar refractivity (Wildman–Crippen MR) is 93.5 cm³/mol. The summed E-state index contributed by atoms with van der Waals surface area (Å²) >= 11 is 5.84. The van der Waals surface area contributed by atoms with Gasteiger partial charge in [-0.2, -0.15) is 0 Å². The molecule has 23 heavy (non-hydrogen) atoms. The van der Waals surface area contributed by atoms with Gasteiger partial charge in [0.1, 0.15) is 0 Å². The Bertz CT molecular complexity index is 537. The van der Waals surface area contributed by atoms with Crippen LogP contribution in [0.4, 0.5) is 0 Å². The fraction of sp³-hybridized carbons (Fsp3) is 0.500. The van der Waals surface area contributed by atoms with E-state index in [1.165, 1.54) is 6.92 Å². The summed E-state index contributed by atoms with van der Waals surface area (Å²) in [6, 6.07) is 7.30. The highest BCUT2D eigenvalue weighted by Crippen LogP contribution is 2.17. The van der Waals surface area contributed by atoms with E-state index in [4.69, 9.17) is 17.3 Å². The van der Waals surface area contributed by atoms with Crippen LogP contribution in [0.25, 0.3) is 0 Å².